The third kappa shape index (κ3) is 4.84. The van der Waals surface area contributed by atoms with E-state index in [4.69, 9.17) is 0 Å². The molecule has 0 saturated carbocycles. The Balaban J connectivity index is 1.78. The number of rotatable bonds is 7. The van der Waals surface area contributed by atoms with Gasteiger partial charge in [-0.25, -0.2) is 4.39 Å². The molecule has 0 bridgehead atoms. The molecule has 0 unspecified atom stereocenters. The molecule has 0 spiro atoms. The number of nitrogens with zero attached hydrogens (tertiary/aromatic N) is 3. The van der Waals surface area contributed by atoms with Crippen LogP contribution in [0.3, 0.4) is 0 Å². The number of pyridine rings is 1. The van der Waals surface area contributed by atoms with Gasteiger partial charge in [-0.05, 0) is 41.8 Å². The minimum absolute atomic E-state index is 0.213. The lowest BCUT2D eigenvalue weighted by atomic mass is 10.1. The second kappa shape index (κ2) is 8.35. The van der Waals surface area contributed by atoms with Gasteiger partial charge in [0.05, 0.1) is 0 Å². The van der Waals surface area contributed by atoms with Gasteiger partial charge in [0.15, 0.2) is 5.78 Å². The van der Waals surface area contributed by atoms with Crippen LogP contribution in [0.1, 0.15) is 39.0 Å². The van der Waals surface area contributed by atoms with Crippen molar-refractivity contribution in [3.05, 3.63) is 83.2 Å². The number of Topliss-reactive ketones (excluding diaryl/α,β-unsaturated/α-hetero) is 1. The molecule has 2 aromatic heterocycles. The van der Waals surface area contributed by atoms with Crippen LogP contribution >= 0.6 is 0 Å². The van der Waals surface area contributed by atoms with Crippen LogP contribution in [0.25, 0.3) is 0 Å². The first-order valence-electron chi connectivity index (χ1n) is 8.52. The minimum atomic E-state index is -0.295. The molecular weight excluding hydrogens is 347 g/mol. The van der Waals surface area contributed by atoms with E-state index < -0.39 is 0 Å². The van der Waals surface area contributed by atoms with E-state index >= 15 is 0 Å². The van der Waals surface area contributed by atoms with E-state index in [-0.39, 0.29) is 28.9 Å². The Morgan fingerprint density at radius 3 is 2.56 bits per heavy atom. The molecule has 1 aromatic carbocycles. The van der Waals surface area contributed by atoms with Gasteiger partial charge in [0, 0.05) is 32.4 Å². The predicted octanol–water partition coefficient (Wildman–Crippen LogP) is 3.03. The van der Waals surface area contributed by atoms with Crippen LogP contribution < -0.4 is 0 Å². The van der Waals surface area contributed by atoms with Gasteiger partial charge in [-0.2, -0.15) is 5.10 Å². The summed E-state index contributed by atoms with van der Waals surface area (Å²) in [5.74, 6) is -0.771. The SMILES string of the molecule is CC(=O)c1cc(C(=O)N(CCc2ccc(F)cc2)Cc2cccnc2)[nH]n1. The molecule has 2 heterocycles. The molecule has 0 saturated heterocycles. The summed E-state index contributed by atoms with van der Waals surface area (Å²) < 4.78 is 13.1. The molecule has 0 fully saturated rings. The van der Waals surface area contributed by atoms with Gasteiger partial charge in [-0.1, -0.05) is 18.2 Å². The lowest BCUT2D eigenvalue weighted by molar-refractivity contribution is 0.0739. The Bertz CT molecular complexity index is 923. The fourth-order valence-electron chi connectivity index (χ4n) is 2.66. The molecule has 0 aliphatic rings. The average Bonchev–Trinajstić information content (AvgIpc) is 3.17. The summed E-state index contributed by atoms with van der Waals surface area (Å²) in [6, 6.07) is 11.4. The van der Waals surface area contributed by atoms with Crippen molar-refractivity contribution >= 4 is 11.7 Å². The summed E-state index contributed by atoms with van der Waals surface area (Å²) in [5, 5.41) is 6.51. The summed E-state index contributed by atoms with van der Waals surface area (Å²) in [6.07, 6.45) is 3.94. The van der Waals surface area contributed by atoms with Gasteiger partial charge in [-0.15, -0.1) is 0 Å². The van der Waals surface area contributed by atoms with E-state index in [0.29, 0.717) is 19.5 Å². The monoisotopic (exact) mass is 366 g/mol. The molecule has 27 heavy (non-hydrogen) atoms. The standard InChI is InChI=1S/C20H19FN4O2/c1-14(26)18-11-19(24-23-18)20(27)25(13-16-3-2-9-22-12-16)10-8-15-4-6-17(21)7-5-15/h2-7,9,11-12H,8,10,13H2,1H3,(H,23,24). The number of carbonyl (C=O) groups is 2. The Hall–Kier alpha value is -3.35. The quantitative estimate of drug-likeness (QED) is 0.652. The van der Waals surface area contributed by atoms with Crippen molar-refractivity contribution in [1.82, 2.24) is 20.1 Å². The van der Waals surface area contributed by atoms with Crippen molar-refractivity contribution in [1.29, 1.82) is 0 Å². The fourth-order valence-corrected chi connectivity index (χ4v) is 2.66. The smallest absolute Gasteiger partial charge is 0.272 e. The van der Waals surface area contributed by atoms with E-state index in [9.17, 15) is 14.0 Å². The topological polar surface area (TPSA) is 79.0 Å². The highest BCUT2D eigenvalue weighted by Gasteiger charge is 2.19. The van der Waals surface area contributed by atoms with Crippen molar-refractivity contribution in [2.75, 3.05) is 6.54 Å². The number of aromatic nitrogens is 3. The van der Waals surface area contributed by atoms with Crippen LogP contribution in [0.4, 0.5) is 4.39 Å². The Kier molecular flexibility index (Phi) is 5.71. The highest BCUT2D eigenvalue weighted by molar-refractivity contribution is 5.97. The van der Waals surface area contributed by atoms with E-state index in [0.717, 1.165) is 11.1 Å². The number of amides is 1. The first kappa shape index (κ1) is 18.4. The minimum Gasteiger partial charge on any atom is -0.333 e. The van der Waals surface area contributed by atoms with E-state index in [1.165, 1.54) is 25.1 Å². The second-order valence-electron chi connectivity index (χ2n) is 6.19. The molecule has 7 heteroatoms. The summed E-state index contributed by atoms with van der Waals surface area (Å²) in [5.41, 5.74) is 2.28. The van der Waals surface area contributed by atoms with Crippen LogP contribution in [-0.4, -0.2) is 38.3 Å². The summed E-state index contributed by atoms with van der Waals surface area (Å²) >= 11 is 0. The first-order valence-corrected chi connectivity index (χ1v) is 8.52. The molecule has 0 radical (unpaired) electrons. The number of aromatic amines is 1. The van der Waals surface area contributed by atoms with Gasteiger partial charge in [0.1, 0.15) is 17.2 Å². The number of carbonyl (C=O) groups excluding carboxylic acids is 2. The second-order valence-corrected chi connectivity index (χ2v) is 6.19. The molecule has 3 aromatic rings. The number of H-pyrrole nitrogens is 1. The zero-order valence-electron chi connectivity index (χ0n) is 14.9. The molecule has 0 atom stereocenters. The van der Waals surface area contributed by atoms with Gasteiger partial charge >= 0.3 is 0 Å². The first-order chi connectivity index (χ1) is 13.0. The lowest BCUT2D eigenvalue weighted by Crippen LogP contribution is -2.32. The predicted molar refractivity (Wildman–Crippen MR) is 97.7 cm³/mol. The largest absolute Gasteiger partial charge is 0.333 e. The van der Waals surface area contributed by atoms with E-state index in [2.05, 4.69) is 15.2 Å². The molecule has 6 nitrogen and oxygen atoms in total. The number of halogens is 1. The maximum Gasteiger partial charge on any atom is 0.272 e. The van der Waals surface area contributed by atoms with Crippen molar-refractivity contribution in [2.45, 2.75) is 19.9 Å². The number of benzene rings is 1. The van der Waals surface area contributed by atoms with Crippen LogP contribution in [0.5, 0.6) is 0 Å². The summed E-state index contributed by atoms with van der Waals surface area (Å²) in [4.78, 5) is 30.1. The normalized spacial score (nSPS) is 10.6. The molecule has 0 aliphatic heterocycles. The molecular formula is C20H19FN4O2. The van der Waals surface area contributed by atoms with Crippen molar-refractivity contribution < 1.29 is 14.0 Å². The number of hydrogen-bond acceptors (Lipinski definition) is 4. The van der Waals surface area contributed by atoms with Gasteiger partial charge < -0.3 is 4.90 Å². The van der Waals surface area contributed by atoms with Crippen LogP contribution in [0.15, 0.2) is 54.9 Å². The number of hydrogen-bond donors (Lipinski definition) is 1. The molecule has 0 aliphatic carbocycles. The van der Waals surface area contributed by atoms with Gasteiger partial charge in [0.25, 0.3) is 5.91 Å². The third-order valence-electron chi connectivity index (χ3n) is 4.14. The molecule has 1 N–H and O–H groups in total. The fraction of sp³-hybridized carbons (Fsp3) is 0.200. The average molecular weight is 366 g/mol. The molecule has 138 valence electrons. The number of ketones is 1. The highest BCUT2D eigenvalue weighted by atomic mass is 19.1. The zero-order valence-corrected chi connectivity index (χ0v) is 14.9. The van der Waals surface area contributed by atoms with E-state index in [1.807, 2.05) is 12.1 Å². The van der Waals surface area contributed by atoms with Crippen LogP contribution in [0.2, 0.25) is 0 Å². The van der Waals surface area contributed by atoms with Crippen molar-refractivity contribution in [3.63, 3.8) is 0 Å². The van der Waals surface area contributed by atoms with Crippen molar-refractivity contribution in [3.8, 4) is 0 Å². The Morgan fingerprint density at radius 1 is 1.15 bits per heavy atom. The number of nitrogens with one attached hydrogen (secondary N) is 1. The third-order valence-corrected chi connectivity index (χ3v) is 4.14. The summed E-state index contributed by atoms with van der Waals surface area (Å²) in [7, 11) is 0. The maximum atomic E-state index is 13.1. The van der Waals surface area contributed by atoms with Gasteiger partial charge in [-0.3, -0.25) is 19.7 Å². The maximum absolute atomic E-state index is 13.1. The molecule has 1 amide bonds. The zero-order chi connectivity index (χ0) is 19.2. The van der Waals surface area contributed by atoms with Crippen LogP contribution in [0, 0.1) is 5.82 Å². The van der Waals surface area contributed by atoms with E-state index in [1.54, 1.807) is 29.4 Å². The van der Waals surface area contributed by atoms with Gasteiger partial charge in [0.2, 0.25) is 0 Å². The van der Waals surface area contributed by atoms with Crippen molar-refractivity contribution in [2.24, 2.45) is 0 Å². The summed E-state index contributed by atoms with van der Waals surface area (Å²) in [6.45, 7) is 2.18. The lowest BCUT2D eigenvalue weighted by Gasteiger charge is -2.22. The highest BCUT2D eigenvalue weighted by Crippen LogP contribution is 2.12. The Labute approximate surface area is 156 Å². The van der Waals surface area contributed by atoms with Crippen LogP contribution in [-0.2, 0) is 13.0 Å². The molecule has 3 rings (SSSR count). The Morgan fingerprint density at radius 2 is 1.93 bits per heavy atom.